The quantitative estimate of drug-likeness (QED) is 0.911. The molecule has 18 heavy (non-hydrogen) atoms. The van der Waals surface area contributed by atoms with E-state index < -0.39 is 0 Å². The molecule has 1 aliphatic heterocycles. The van der Waals surface area contributed by atoms with E-state index in [1.165, 1.54) is 9.75 Å². The zero-order valence-electron chi connectivity index (χ0n) is 11.6. The number of aryl methyl sites for hydroxylation is 1. The molecule has 100 valence electrons. The van der Waals surface area contributed by atoms with Crippen LogP contribution < -0.4 is 5.32 Å². The first-order valence-corrected chi connectivity index (χ1v) is 7.36. The monoisotopic (exact) mass is 266 g/mol. The summed E-state index contributed by atoms with van der Waals surface area (Å²) >= 11 is 1.78. The summed E-state index contributed by atoms with van der Waals surface area (Å²) in [6, 6.07) is 4.42. The molecule has 3 nitrogen and oxygen atoms in total. The third-order valence-electron chi connectivity index (χ3n) is 3.94. The van der Waals surface area contributed by atoms with Gasteiger partial charge in [0.15, 0.2) is 0 Å². The third-order valence-corrected chi connectivity index (χ3v) is 5.11. The van der Waals surface area contributed by atoms with Gasteiger partial charge in [0.2, 0.25) is 5.91 Å². The largest absolute Gasteiger partial charge is 0.338 e. The summed E-state index contributed by atoms with van der Waals surface area (Å²) in [5.74, 6) is 0.849. The molecule has 0 saturated carbocycles. The molecule has 2 rings (SSSR count). The maximum absolute atomic E-state index is 12.5. The van der Waals surface area contributed by atoms with Gasteiger partial charge in [0.05, 0.1) is 12.0 Å². The fourth-order valence-electron chi connectivity index (χ4n) is 2.46. The molecule has 1 saturated heterocycles. The molecule has 0 aromatic carbocycles. The molecular formula is C14H22N2OS. The number of hydrogen-bond donors (Lipinski definition) is 1. The van der Waals surface area contributed by atoms with E-state index in [1.54, 1.807) is 11.3 Å². The van der Waals surface area contributed by atoms with Crippen molar-refractivity contribution in [1.82, 2.24) is 10.2 Å². The van der Waals surface area contributed by atoms with Crippen molar-refractivity contribution in [3.8, 4) is 0 Å². The van der Waals surface area contributed by atoms with Crippen LogP contribution >= 0.6 is 11.3 Å². The van der Waals surface area contributed by atoms with E-state index in [1.807, 2.05) is 11.9 Å². The normalized spacial score (nSPS) is 25.1. The van der Waals surface area contributed by atoms with Crippen LogP contribution in [0.3, 0.4) is 0 Å². The van der Waals surface area contributed by atoms with Crippen LogP contribution in [0.2, 0.25) is 0 Å². The molecular weight excluding hydrogens is 244 g/mol. The molecule has 1 N–H and O–H groups in total. The van der Waals surface area contributed by atoms with Gasteiger partial charge in [-0.05, 0) is 38.4 Å². The maximum atomic E-state index is 12.5. The van der Waals surface area contributed by atoms with Crippen molar-refractivity contribution < 1.29 is 4.79 Å². The summed E-state index contributed by atoms with van der Waals surface area (Å²) in [5, 5.41) is 3.30. The number of carbonyl (C=O) groups excluding carboxylic acids is 1. The lowest BCUT2D eigenvalue weighted by Gasteiger charge is -2.28. The Bertz CT molecular complexity index is 429. The van der Waals surface area contributed by atoms with Crippen LogP contribution in [0, 0.1) is 18.8 Å². The van der Waals surface area contributed by atoms with Gasteiger partial charge in [0.25, 0.3) is 0 Å². The van der Waals surface area contributed by atoms with Crippen LogP contribution in [0.25, 0.3) is 0 Å². The lowest BCUT2D eigenvalue weighted by atomic mass is 9.96. The number of carbonyl (C=O) groups is 1. The molecule has 0 aliphatic carbocycles. The van der Waals surface area contributed by atoms with E-state index >= 15 is 0 Å². The van der Waals surface area contributed by atoms with Crippen molar-refractivity contribution in [3.63, 3.8) is 0 Å². The second-order valence-corrected chi connectivity index (χ2v) is 6.64. The summed E-state index contributed by atoms with van der Waals surface area (Å²) < 4.78 is 0. The average molecular weight is 266 g/mol. The third kappa shape index (κ3) is 2.59. The van der Waals surface area contributed by atoms with E-state index in [-0.39, 0.29) is 17.9 Å². The van der Waals surface area contributed by atoms with Crippen LogP contribution in [0.15, 0.2) is 12.1 Å². The smallest absolute Gasteiger partial charge is 0.227 e. The van der Waals surface area contributed by atoms with Crippen LogP contribution in [0.4, 0.5) is 0 Å². The van der Waals surface area contributed by atoms with E-state index in [0.717, 1.165) is 13.1 Å². The van der Waals surface area contributed by atoms with Crippen LogP contribution in [0.1, 0.15) is 29.6 Å². The standard InChI is InChI=1S/C14H22N2OS/c1-9-7-15-8-12(9)14(17)16(4)11(3)13-6-5-10(2)18-13/h5-6,9,11-12,15H,7-8H2,1-4H3/t9-,11?,12-/m1/s1. The Kier molecular flexibility index (Phi) is 4.07. The number of thiophene rings is 1. The molecule has 0 radical (unpaired) electrons. The van der Waals surface area contributed by atoms with Gasteiger partial charge in [0.1, 0.15) is 0 Å². The Morgan fingerprint density at radius 2 is 2.22 bits per heavy atom. The summed E-state index contributed by atoms with van der Waals surface area (Å²) in [4.78, 5) is 16.9. The summed E-state index contributed by atoms with van der Waals surface area (Å²) in [7, 11) is 1.92. The van der Waals surface area contributed by atoms with Crippen molar-refractivity contribution in [2.45, 2.75) is 26.8 Å². The SMILES string of the molecule is Cc1ccc(C(C)N(C)C(=O)[C@@H]2CNC[C@H]2C)s1. The second kappa shape index (κ2) is 5.41. The van der Waals surface area contributed by atoms with Gasteiger partial charge < -0.3 is 10.2 Å². The summed E-state index contributed by atoms with van der Waals surface area (Å²) in [6.07, 6.45) is 0. The van der Waals surface area contributed by atoms with Crippen molar-refractivity contribution in [2.24, 2.45) is 11.8 Å². The van der Waals surface area contributed by atoms with E-state index in [4.69, 9.17) is 0 Å². The van der Waals surface area contributed by atoms with E-state index in [0.29, 0.717) is 5.92 Å². The Labute approximate surface area is 113 Å². The fourth-order valence-corrected chi connectivity index (χ4v) is 3.43. The van der Waals surface area contributed by atoms with Crippen LogP contribution in [-0.2, 0) is 4.79 Å². The van der Waals surface area contributed by atoms with Gasteiger partial charge in [-0.2, -0.15) is 0 Å². The van der Waals surface area contributed by atoms with Gasteiger partial charge in [-0.15, -0.1) is 11.3 Å². The zero-order valence-corrected chi connectivity index (χ0v) is 12.4. The Hall–Kier alpha value is -0.870. The average Bonchev–Trinajstić information content (AvgIpc) is 2.95. The minimum absolute atomic E-state index is 0.138. The molecule has 4 heteroatoms. The topological polar surface area (TPSA) is 32.3 Å². The second-order valence-electron chi connectivity index (χ2n) is 5.32. The maximum Gasteiger partial charge on any atom is 0.227 e. The molecule has 0 bridgehead atoms. The van der Waals surface area contributed by atoms with E-state index in [2.05, 4.69) is 38.2 Å². The molecule has 1 amide bonds. The molecule has 0 spiro atoms. The van der Waals surface area contributed by atoms with Crippen molar-refractivity contribution >= 4 is 17.2 Å². The highest BCUT2D eigenvalue weighted by Gasteiger charge is 2.33. The lowest BCUT2D eigenvalue weighted by molar-refractivity contribution is -0.136. The molecule has 1 aromatic rings. The van der Waals surface area contributed by atoms with Gasteiger partial charge in [-0.3, -0.25) is 4.79 Å². The number of amides is 1. The first-order valence-electron chi connectivity index (χ1n) is 6.54. The Morgan fingerprint density at radius 1 is 1.50 bits per heavy atom. The van der Waals surface area contributed by atoms with Crippen molar-refractivity contribution in [3.05, 3.63) is 21.9 Å². The molecule has 1 aliphatic rings. The highest BCUT2D eigenvalue weighted by atomic mass is 32.1. The van der Waals surface area contributed by atoms with Crippen molar-refractivity contribution in [1.29, 1.82) is 0 Å². The number of nitrogens with zero attached hydrogens (tertiary/aromatic N) is 1. The molecule has 3 atom stereocenters. The van der Waals surface area contributed by atoms with Gasteiger partial charge in [0, 0.05) is 23.3 Å². The molecule has 1 aromatic heterocycles. The van der Waals surface area contributed by atoms with Crippen LogP contribution in [-0.4, -0.2) is 30.9 Å². The summed E-state index contributed by atoms with van der Waals surface area (Å²) in [6.45, 7) is 8.13. The number of nitrogens with one attached hydrogen (secondary N) is 1. The van der Waals surface area contributed by atoms with E-state index in [9.17, 15) is 4.79 Å². The first kappa shape index (κ1) is 13.6. The predicted molar refractivity (Wildman–Crippen MR) is 75.8 cm³/mol. The molecule has 1 unspecified atom stereocenters. The van der Waals surface area contributed by atoms with Gasteiger partial charge in [-0.1, -0.05) is 6.92 Å². The molecule has 1 fully saturated rings. The minimum atomic E-state index is 0.138. The summed E-state index contributed by atoms with van der Waals surface area (Å²) in [5.41, 5.74) is 0. The number of hydrogen-bond acceptors (Lipinski definition) is 3. The zero-order chi connectivity index (χ0) is 13.3. The minimum Gasteiger partial charge on any atom is -0.338 e. The predicted octanol–water partition coefficient (Wildman–Crippen LogP) is 2.43. The Morgan fingerprint density at radius 3 is 2.72 bits per heavy atom. The van der Waals surface area contributed by atoms with Gasteiger partial charge in [-0.25, -0.2) is 0 Å². The fraction of sp³-hybridized carbons (Fsp3) is 0.643. The Balaban J connectivity index is 2.06. The highest BCUT2D eigenvalue weighted by Crippen LogP contribution is 2.28. The highest BCUT2D eigenvalue weighted by molar-refractivity contribution is 7.12. The molecule has 2 heterocycles. The van der Waals surface area contributed by atoms with Crippen LogP contribution in [0.5, 0.6) is 0 Å². The van der Waals surface area contributed by atoms with Gasteiger partial charge >= 0.3 is 0 Å². The number of rotatable bonds is 3. The van der Waals surface area contributed by atoms with Crippen molar-refractivity contribution in [2.75, 3.05) is 20.1 Å². The first-order chi connectivity index (χ1) is 8.50. The lowest BCUT2D eigenvalue weighted by Crippen LogP contribution is -2.37.